The number of carbonyl (C=O) groups is 3. The average Bonchev–Trinajstić information content (AvgIpc) is 4.23. The number of fused-ring (bicyclic) bond motifs is 1. The molecule has 72 heavy (non-hydrogen) atoms. The first-order chi connectivity index (χ1) is 35.0. The number of imidazole rings is 1. The van der Waals surface area contributed by atoms with E-state index < -0.39 is 5.54 Å². The minimum atomic E-state index is -1.00. The van der Waals surface area contributed by atoms with Gasteiger partial charge in [0.1, 0.15) is 17.8 Å². The summed E-state index contributed by atoms with van der Waals surface area (Å²) < 4.78 is 2.80. The van der Waals surface area contributed by atoms with Crippen LogP contribution in [0.3, 0.4) is 0 Å². The van der Waals surface area contributed by atoms with Gasteiger partial charge in [0.2, 0.25) is 16.8 Å². The molecule has 4 saturated heterocycles. The van der Waals surface area contributed by atoms with Crippen molar-refractivity contribution in [3.05, 3.63) is 106 Å². The summed E-state index contributed by atoms with van der Waals surface area (Å²) in [5.41, 5.74) is 11.1. The fourth-order valence-corrected chi connectivity index (χ4v) is 12.5. The van der Waals surface area contributed by atoms with Gasteiger partial charge in [-0.3, -0.25) is 24.2 Å². The lowest BCUT2D eigenvalue weighted by Crippen LogP contribution is -2.60. The highest BCUT2D eigenvalue weighted by Gasteiger charge is 2.40. The highest BCUT2D eigenvalue weighted by molar-refractivity contribution is 8.00. The lowest BCUT2D eigenvalue weighted by Gasteiger charge is -2.40. The van der Waals surface area contributed by atoms with Gasteiger partial charge in [-0.15, -0.1) is 10.2 Å². The third kappa shape index (κ3) is 12.0. The summed E-state index contributed by atoms with van der Waals surface area (Å²) >= 11 is 9.28. The van der Waals surface area contributed by atoms with E-state index in [1.807, 2.05) is 57.1 Å². The number of thioether (sulfide) groups is 1. The first-order valence-corrected chi connectivity index (χ1v) is 27.4. The molecular formula is C51H64ClN15O3S2. The summed E-state index contributed by atoms with van der Waals surface area (Å²) in [6, 6.07) is 15.8. The molecule has 0 spiro atoms. The number of likely N-dealkylation sites (tertiary alicyclic amines) is 1. The summed E-state index contributed by atoms with van der Waals surface area (Å²) in [5, 5.41) is 14.0. The van der Waals surface area contributed by atoms with Crippen LogP contribution in [-0.4, -0.2) is 181 Å². The number of carbonyl (C=O) groups excluding carboxylic acids is 3. The van der Waals surface area contributed by atoms with Crippen molar-refractivity contribution >= 4 is 69.3 Å². The topological polar surface area (TPSA) is 194 Å². The van der Waals surface area contributed by atoms with Gasteiger partial charge in [0.25, 0.3) is 5.91 Å². The third-order valence-corrected chi connectivity index (χ3v) is 17.4. The van der Waals surface area contributed by atoms with Crippen LogP contribution in [0.4, 0.5) is 5.82 Å². The van der Waals surface area contributed by atoms with E-state index in [9.17, 15) is 14.4 Å². The predicted molar refractivity (Wildman–Crippen MR) is 282 cm³/mol. The Balaban J connectivity index is 0.617. The lowest BCUT2D eigenvalue weighted by molar-refractivity contribution is -0.134. The van der Waals surface area contributed by atoms with E-state index in [-0.39, 0.29) is 23.8 Å². The van der Waals surface area contributed by atoms with Crippen LogP contribution in [0.2, 0.25) is 5.02 Å². The SMILES string of the molecule is Cc1cc(-n2ccnc2)ccc1CSc1nnc(C(=O)N2CCC(CN3CCN(CC(=O)N4CCN(CC[C@H](NC(=O)C5(N)CCN(c6ncnc7[nH]ccc67)CC5)c5ccc(Cl)cc5)CC4)CC3)CC2)s1. The molecule has 10 rings (SSSR count). The molecule has 0 unspecified atom stereocenters. The number of H-pyrrole nitrogens is 1. The number of halogens is 1. The quantitative estimate of drug-likeness (QED) is 0.108. The number of nitrogens with two attached hydrogens (primary N) is 1. The van der Waals surface area contributed by atoms with E-state index in [0.717, 1.165) is 116 Å². The monoisotopic (exact) mass is 1030 g/mol. The van der Waals surface area contributed by atoms with Crippen LogP contribution >= 0.6 is 34.7 Å². The Morgan fingerprint density at radius 2 is 1.64 bits per heavy atom. The van der Waals surface area contributed by atoms with E-state index in [2.05, 4.69) is 80.2 Å². The second-order valence-electron chi connectivity index (χ2n) is 19.7. The molecule has 380 valence electrons. The maximum absolute atomic E-state index is 14.0. The van der Waals surface area contributed by atoms with E-state index >= 15 is 0 Å². The number of aromatic nitrogens is 7. The van der Waals surface area contributed by atoms with E-state index in [4.69, 9.17) is 17.3 Å². The third-order valence-electron chi connectivity index (χ3n) is 15.1. The van der Waals surface area contributed by atoms with Gasteiger partial charge >= 0.3 is 0 Å². The normalized spacial score (nSPS) is 19.0. The van der Waals surface area contributed by atoms with Gasteiger partial charge in [-0.05, 0) is 92.0 Å². The highest BCUT2D eigenvalue weighted by Crippen LogP contribution is 2.32. The number of anilines is 1. The first-order valence-electron chi connectivity index (χ1n) is 25.2. The summed E-state index contributed by atoms with van der Waals surface area (Å²) in [5.74, 6) is 2.18. The Bertz CT molecular complexity index is 2780. The highest BCUT2D eigenvalue weighted by atomic mass is 35.5. The molecule has 2 aromatic carbocycles. The number of nitrogens with zero attached hydrogens (tertiary/aromatic N) is 12. The molecule has 21 heteroatoms. The van der Waals surface area contributed by atoms with E-state index in [1.54, 1.807) is 30.6 Å². The molecule has 0 radical (unpaired) electrons. The van der Waals surface area contributed by atoms with Gasteiger partial charge in [-0.2, -0.15) is 0 Å². The van der Waals surface area contributed by atoms with Crippen LogP contribution < -0.4 is 16.0 Å². The van der Waals surface area contributed by atoms with Crippen molar-refractivity contribution in [3.63, 3.8) is 0 Å². The minimum Gasteiger partial charge on any atom is -0.356 e. The zero-order valence-electron chi connectivity index (χ0n) is 40.9. The standard InChI is InChI=1S/C51H64ClN15O3S2/c1-36-30-41(67-21-15-54-35-67)7-4-39(36)33-71-50-60-59-47(72-50)48(69)66-17-9-37(10-18-66)31-62-22-24-63(25-23-62)32-44(68)64-28-26-61(27-29-64)16-11-43(38-2-5-40(52)6-3-38)58-49(70)51(53)12-19-65(20-13-51)46-42-8-14-55-45(42)56-34-57-46/h2-8,14-15,21,30,34-35,37,43H,9-13,16-20,22-29,31-33,53H2,1H3,(H,58,70)(H,55,56,57)/t43-/m0/s1. The van der Waals surface area contributed by atoms with Crippen LogP contribution in [-0.2, 0) is 15.3 Å². The van der Waals surface area contributed by atoms with Gasteiger partial charge in [0, 0.05) is 127 Å². The summed E-state index contributed by atoms with van der Waals surface area (Å²) in [6.45, 7) is 13.6. The molecular weight excluding hydrogens is 970 g/mol. The number of piperidine rings is 2. The molecule has 4 aliphatic heterocycles. The maximum Gasteiger partial charge on any atom is 0.284 e. The second kappa shape index (κ2) is 22.7. The molecule has 4 aromatic heterocycles. The number of amides is 3. The zero-order chi connectivity index (χ0) is 49.6. The maximum atomic E-state index is 14.0. The molecule has 3 amide bonds. The number of piperazine rings is 2. The fraction of sp³-hybridized carbons (Fsp3) is 0.490. The second-order valence-corrected chi connectivity index (χ2v) is 22.4. The molecule has 8 heterocycles. The molecule has 4 fully saturated rings. The van der Waals surface area contributed by atoms with Crippen molar-refractivity contribution in [3.8, 4) is 5.69 Å². The smallest absolute Gasteiger partial charge is 0.284 e. The zero-order valence-corrected chi connectivity index (χ0v) is 43.3. The fourth-order valence-electron chi connectivity index (χ4n) is 10.5. The summed E-state index contributed by atoms with van der Waals surface area (Å²) in [4.78, 5) is 70.5. The number of benzene rings is 2. The number of aryl methyl sites for hydroxylation is 1. The Morgan fingerprint density at radius 3 is 2.38 bits per heavy atom. The lowest BCUT2D eigenvalue weighted by atomic mass is 9.87. The number of rotatable bonds is 16. The van der Waals surface area contributed by atoms with Gasteiger partial charge < -0.3 is 40.2 Å². The van der Waals surface area contributed by atoms with Gasteiger partial charge in [0.15, 0.2) is 4.34 Å². The number of hydrogen-bond acceptors (Lipinski definition) is 15. The Labute approximate surface area is 433 Å². The number of nitrogens with one attached hydrogen (secondary N) is 2. The van der Waals surface area contributed by atoms with E-state index in [0.29, 0.717) is 67.9 Å². The molecule has 0 aliphatic carbocycles. The Morgan fingerprint density at radius 1 is 0.889 bits per heavy atom. The van der Waals surface area contributed by atoms with Crippen molar-refractivity contribution in [2.45, 2.75) is 60.7 Å². The number of aromatic amines is 1. The van der Waals surface area contributed by atoms with Gasteiger partial charge in [0.05, 0.1) is 29.8 Å². The van der Waals surface area contributed by atoms with Crippen molar-refractivity contribution < 1.29 is 14.4 Å². The number of hydrogen-bond donors (Lipinski definition) is 3. The van der Waals surface area contributed by atoms with Crippen molar-refractivity contribution in [1.29, 1.82) is 0 Å². The first kappa shape index (κ1) is 50.1. The molecule has 4 aliphatic rings. The molecule has 0 saturated carbocycles. The molecule has 6 aromatic rings. The minimum absolute atomic E-state index is 0.0188. The molecule has 0 bridgehead atoms. The van der Waals surface area contributed by atoms with Crippen molar-refractivity contribution in [2.75, 3.05) is 103 Å². The van der Waals surface area contributed by atoms with Crippen LogP contribution in [0.1, 0.15) is 64.6 Å². The van der Waals surface area contributed by atoms with Gasteiger partial charge in [-0.1, -0.05) is 52.9 Å². The van der Waals surface area contributed by atoms with Crippen LogP contribution in [0, 0.1) is 12.8 Å². The van der Waals surface area contributed by atoms with Crippen LogP contribution in [0.5, 0.6) is 0 Å². The van der Waals surface area contributed by atoms with Crippen molar-refractivity contribution in [2.24, 2.45) is 11.7 Å². The molecule has 1 atom stereocenters. The Hall–Kier alpha value is -5.48. The summed E-state index contributed by atoms with van der Waals surface area (Å²) in [6.07, 6.45) is 12.6. The van der Waals surface area contributed by atoms with Crippen LogP contribution in [0.15, 0.2) is 84.1 Å². The molecule has 4 N–H and O–H groups in total. The molecule has 18 nitrogen and oxygen atoms in total. The van der Waals surface area contributed by atoms with Gasteiger partial charge in [-0.25, -0.2) is 15.0 Å². The average molecular weight is 1030 g/mol. The van der Waals surface area contributed by atoms with Crippen molar-refractivity contribution in [1.82, 2.24) is 64.5 Å². The van der Waals surface area contributed by atoms with E-state index in [1.165, 1.54) is 22.5 Å². The Kier molecular flexibility index (Phi) is 15.8. The predicted octanol–water partition coefficient (Wildman–Crippen LogP) is 5.11. The van der Waals surface area contributed by atoms with Crippen LogP contribution in [0.25, 0.3) is 16.7 Å². The largest absolute Gasteiger partial charge is 0.356 e. The summed E-state index contributed by atoms with van der Waals surface area (Å²) in [7, 11) is 0.